The van der Waals surface area contributed by atoms with Crippen LogP contribution in [0.15, 0.2) is 53.3 Å². The Hall–Kier alpha value is -2.93. The lowest BCUT2D eigenvalue weighted by Crippen LogP contribution is -2.31. The Labute approximate surface area is 155 Å². The molecule has 0 bridgehead atoms. The van der Waals surface area contributed by atoms with Crippen molar-refractivity contribution in [3.8, 4) is 5.75 Å². The van der Waals surface area contributed by atoms with Gasteiger partial charge in [0.2, 0.25) is 0 Å². The fourth-order valence-corrected chi connectivity index (χ4v) is 2.77. The lowest BCUT2D eigenvalue weighted by molar-refractivity contribution is 0.0774. The second-order valence-electron chi connectivity index (χ2n) is 5.94. The molecule has 3 rings (SSSR count). The molecule has 0 saturated carbocycles. The Bertz CT molecular complexity index is 1060. The molecular weight excluding hydrogens is 350 g/mol. The van der Waals surface area contributed by atoms with Crippen molar-refractivity contribution in [1.82, 2.24) is 14.5 Å². The smallest absolute Gasteiger partial charge is 0.261 e. The van der Waals surface area contributed by atoms with E-state index in [1.807, 2.05) is 30.3 Å². The van der Waals surface area contributed by atoms with Crippen LogP contribution < -0.4 is 10.3 Å². The van der Waals surface area contributed by atoms with Gasteiger partial charge in [-0.05, 0) is 42.5 Å². The molecule has 1 amide bonds. The van der Waals surface area contributed by atoms with Gasteiger partial charge in [0.1, 0.15) is 12.4 Å². The van der Waals surface area contributed by atoms with Crippen molar-refractivity contribution in [3.05, 3.63) is 69.2 Å². The highest BCUT2D eigenvalue weighted by Crippen LogP contribution is 2.13. The summed E-state index contributed by atoms with van der Waals surface area (Å²) in [6.45, 7) is 0.834. The number of H-pyrrole nitrogens is 1. The van der Waals surface area contributed by atoms with E-state index in [4.69, 9.17) is 17.0 Å². The Morgan fingerprint density at radius 3 is 2.69 bits per heavy atom. The van der Waals surface area contributed by atoms with Crippen LogP contribution in [0.25, 0.3) is 10.9 Å². The number of aromatic nitrogens is 2. The number of carbonyl (C=O) groups is 1. The number of hydrogen-bond donors (Lipinski definition) is 1. The fourth-order valence-electron chi connectivity index (χ4n) is 2.58. The number of amides is 1. The molecule has 0 aliphatic carbocycles. The van der Waals surface area contributed by atoms with E-state index in [2.05, 4.69) is 4.98 Å². The maximum atomic E-state index is 12.6. The summed E-state index contributed by atoms with van der Waals surface area (Å²) in [4.78, 5) is 29.4. The summed E-state index contributed by atoms with van der Waals surface area (Å²) in [5.41, 5.74) is 0.851. The van der Waals surface area contributed by atoms with Gasteiger partial charge in [0.25, 0.3) is 11.5 Å². The van der Waals surface area contributed by atoms with Crippen molar-refractivity contribution in [2.45, 2.75) is 0 Å². The lowest BCUT2D eigenvalue weighted by atomic mass is 10.1. The van der Waals surface area contributed by atoms with Crippen LogP contribution in [-0.4, -0.2) is 40.6 Å². The monoisotopic (exact) mass is 369 g/mol. The molecule has 26 heavy (non-hydrogen) atoms. The highest BCUT2D eigenvalue weighted by atomic mass is 32.1. The molecule has 0 spiro atoms. The number of nitrogens with zero attached hydrogens (tertiary/aromatic N) is 2. The van der Waals surface area contributed by atoms with Crippen LogP contribution in [0.5, 0.6) is 5.75 Å². The van der Waals surface area contributed by atoms with Crippen LogP contribution in [0.1, 0.15) is 10.4 Å². The number of aromatic amines is 1. The highest BCUT2D eigenvalue weighted by molar-refractivity contribution is 7.71. The molecule has 0 aliphatic heterocycles. The lowest BCUT2D eigenvalue weighted by Gasteiger charge is -2.18. The summed E-state index contributed by atoms with van der Waals surface area (Å²) < 4.78 is 7.30. The number of rotatable bonds is 5. The van der Waals surface area contributed by atoms with Crippen molar-refractivity contribution in [2.75, 3.05) is 20.2 Å². The van der Waals surface area contributed by atoms with Gasteiger partial charge in [-0.15, -0.1) is 0 Å². The van der Waals surface area contributed by atoms with E-state index < -0.39 is 0 Å². The third-order valence-electron chi connectivity index (χ3n) is 4.13. The maximum absolute atomic E-state index is 12.6. The highest BCUT2D eigenvalue weighted by Gasteiger charge is 2.13. The molecule has 0 aliphatic rings. The van der Waals surface area contributed by atoms with Gasteiger partial charge in [-0.1, -0.05) is 18.2 Å². The number of fused-ring (bicyclic) bond motifs is 1. The van der Waals surface area contributed by atoms with Crippen molar-refractivity contribution in [3.63, 3.8) is 0 Å². The van der Waals surface area contributed by atoms with Crippen LogP contribution in [0.4, 0.5) is 0 Å². The molecule has 0 radical (unpaired) electrons. The first kappa shape index (κ1) is 17.9. The topological polar surface area (TPSA) is 67.3 Å². The summed E-state index contributed by atoms with van der Waals surface area (Å²) >= 11 is 5.13. The van der Waals surface area contributed by atoms with Gasteiger partial charge in [-0.3, -0.25) is 14.2 Å². The molecule has 1 N–H and O–H groups in total. The minimum absolute atomic E-state index is 0.149. The van der Waals surface area contributed by atoms with Crippen LogP contribution in [-0.2, 0) is 7.05 Å². The molecule has 3 aromatic rings. The van der Waals surface area contributed by atoms with E-state index in [9.17, 15) is 9.59 Å². The SMILES string of the molecule is CN(CCOc1ccccc1)C(=O)c1ccc2c(=O)n(C)c(=S)[nH]c2c1. The number of benzene rings is 2. The van der Waals surface area contributed by atoms with Crippen LogP contribution in [0.2, 0.25) is 0 Å². The van der Waals surface area contributed by atoms with Gasteiger partial charge in [-0.25, -0.2) is 0 Å². The van der Waals surface area contributed by atoms with Gasteiger partial charge in [0.05, 0.1) is 17.4 Å². The standard InChI is InChI=1S/C19H19N3O3S/c1-21(10-11-25-14-6-4-3-5-7-14)17(23)13-8-9-15-16(12-13)20-19(26)22(2)18(15)24/h3-9,12H,10-11H2,1-2H3,(H,20,26). The number of hydrogen-bond acceptors (Lipinski definition) is 4. The minimum atomic E-state index is -0.188. The summed E-state index contributed by atoms with van der Waals surface area (Å²) in [5, 5.41) is 0.493. The zero-order valence-corrected chi connectivity index (χ0v) is 15.4. The Morgan fingerprint density at radius 1 is 1.23 bits per heavy atom. The number of ether oxygens (including phenoxy) is 1. The molecule has 0 fully saturated rings. The van der Waals surface area contributed by atoms with Gasteiger partial charge < -0.3 is 14.6 Å². The van der Waals surface area contributed by atoms with E-state index in [0.29, 0.717) is 34.4 Å². The summed E-state index contributed by atoms with van der Waals surface area (Å²) in [7, 11) is 3.33. The quantitative estimate of drug-likeness (QED) is 0.702. The number of nitrogens with one attached hydrogen (secondary N) is 1. The largest absolute Gasteiger partial charge is 0.492 e. The molecule has 134 valence electrons. The summed E-state index contributed by atoms with van der Waals surface area (Å²) in [5.74, 6) is 0.617. The Morgan fingerprint density at radius 2 is 1.96 bits per heavy atom. The van der Waals surface area contributed by atoms with Crippen molar-refractivity contribution >= 4 is 29.0 Å². The van der Waals surface area contributed by atoms with Crippen molar-refractivity contribution in [1.29, 1.82) is 0 Å². The first-order valence-electron chi connectivity index (χ1n) is 8.14. The van der Waals surface area contributed by atoms with E-state index in [1.54, 1.807) is 37.2 Å². The molecule has 2 aromatic carbocycles. The number of carbonyl (C=O) groups excluding carboxylic acids is 1. The van der Waals surface area contributed by atoms with Crippen molar-refractivity contribution < 1.29 is 9.53 Å². The zero-order chi connectivity index (χ0) is 18.7. The van der Waals surface area contributed by atoms with E-state index in [-0.39, 0.29) is 11.5 Å². The summed E-state index contributed by atoms with van der Waals surface area (Å²) in [6, 6.07) is 14.4. The molecule has 0 atom stereocenters. The number of likely N-dealkylation sites (N-methyl/N-ethyl adjacent to an activating group) is 1. The molecule has 0 unspecified atom stereocenters. The first-order chi connectivity index (χ1) is 12.5. The zero-order valence-electron chi connectivity index (χ0n) is 14.6. The molecule has 7 heteroatoms. The van der Waals surface area contributed by atoms with Gasteiger partial charge in [0, 0.05) is 19.7 Å². The van der Waals surface area contributed by atoms with Crippen molar-refractivity contribution in [2.24, 2.45) is 7.05 Å². The normalized spacial score (nSPS) is 10.7. The second kappa shape index (κ2) is 7.53. The van der Waals surface area contributed by atoms with Gasteiger partial charge in [0.15, 0.2) is 4.77 Å². The number of para-hydroxylation sites is 1. The predicted molar refractivity (Wildman–Crippen MR) is 103 cm³/mol. The Kier molecular flexibility index (Phi) is 5.18. The molecule has 0 saturated heterocycles. The van der Waals surface area contributed by atoms with E-state index in [0.717, 1.165) is 5.75 Å². The van der Waals surface area contributed by atoms with Gasteiger partial charge in [-0.2, -0.15) is 0 Å². The van der Waals surface area contributed by atoms with E-state index >= 15 is 0 Å². The average molecular weight is 369 g/mol. The summed E-state index contributed by atoms with van der Waals surface area (Å²) in [6.07, 6.45) is 0. The molecule has 6 nitrogen and oxygen atoms in total. The minimum Gasteiger partial charge on any atom is -0.492 e. The first-order valence-corrected chi connectivity index (χ1v) is 8.54. The second-order valence-corrected chi connectivity index (χ2v) is 6.33. The fraction of sp³-hybridized carbons (Fsp3) is 0.211. The predicted octanol–water partition coefficient (Wildman–Crippen LogP) is 2.75. The van der Waals surface area contributed by atoms with Gasteiger partial charge >= 0.3 is 0 Å². The third kappa shape index (κ3) is 3.67. The maximum Gasteiger partial charge on any atom is 0.261 e. The van der Waals surface area contributed by atoms with Crippen LogP contribution in [0.3, 0.4) is 0 Å². The molecular formula is C19H19N3O3S. The molecule has 1 heterocycles. The molecule has 1 aromatic heterocycles. The van der Waals surface area contributed by atoms with E-state index in [1.165, 1.54) is 4.57 Å². The third-order valence-corrected chi connectivity index (χ3v) is 4.51. The van der Waals surface area contributed by atoms with Crippen LogP contribution in [0, 0.1) is 4.77 Å². The van der Waals surface area contributed by atoms with Crippen LogP contribution >= 0.6 is 12.2 Å². The Balaban J connectivity index is 1.73. The average Bonchev–Trinajstić information content (AvgIpc) is 2.66.